The number of carbonyl (C=O) groups excluding carboxylic acids is 1. The van der Waals surface area contributed by atoms with E-state index in [1.54, 1.807) is 12.1 Å². The van der Waals surface area contributed by atoms with Gasteiger partial charge in [-0.25, -0.2) is 0 Å². The van der Waals surface area contributed by atoms with E-state index in [0.717, 1.165) is 23.3 Å². The number of nitrogens with zero attached hydrogens (tertiary/aromatic N) is 1. The van der Waals surface area contributed by atoms with Gasteiger partial charge < -0.3 is 10.2 Å². The number of para-hydroxylation sites is 1. The lowest BCUT2D eigenvalue weighted by atomic mass is 10.00. The van der Waals surface area contributed by atoms with E-state index in [2.05, 4.69) is 17.1 Å². The summed E-state index contributed by atoms with van der Waals surface area (Å²) in [5.74, 6) is 1.01. The van der Waals surface area contributed by atoms with Crippen molar-refractivity contribution in [2.24, 2.45) is 5.92 Å². The predicted molar refractivity (Wildman–Crippen MR) is 95.1 cm³/mol. The van der Waals surface area contributed by atoms with E-state index >= 15 is 0 Å². The molecule has 2 rings (SSSR count). The van der Waals surface area contributed by atoms with E-state index in [1.807, 2.05) is 12.1 Å². The van der Waals surface area contributed by atoms with Gasteiger partial charge in [-0.15, -0.1) is 0 Å². The second-order valence-electron chi connectivity index (χ2n) is 5.25. The maximum atomic E-state index is 11.9. The minimum absolute atomic E-state index is 0.0826. The van der Waals surface area contributed by atoms with E-state index in [9.17, 15) is 4.79 Å². The standard InChI is InChI=1S/C15H19ClN2OS2/c1-11-6-8-18(9-7-11)15(20)21-10-14(19)17-13-5-3-2-4-12(13)16/h2-5,11H,6-10H2,1H3,(H,17,19). The molecule has 1 aliphatic heterocycles. The van der Waals surface area contributed by atoms with Crippen molar-refractivity contribution in [3.8, 4) is 0 Å². The lowest BCUT2D eigenvalue weighted by molar-refractivity contribution is -0.113. The first-order valence-electron chi connectivity index (χ1n) is 7.02. The van der Waals surface area contributed by atoms with E-state index in [4.69, 9.17) is 23.8 Å². The summed E-state index contributed by atoms with van der Waals surface area (Å²) >= 11 is 12.8. The molecular formula is C15H19ClN2OS2. The quantitative estimate of drug-likeness (QED) is 0.841. The number of hydrogen-bond donors (Lipinski definition) is 1. The summed E-state index contributed by atoms with van der Waals surface area (Å²) < 4.78 is 0.816. The Kier molecular flexibility index (Phi) is 6.33. The number of nitrogens with one attached hydrogen (secondary N) is 1. The van der Waals surface area contributed by atoms with Gasteiger partial charge in [-0.05, 0) is 30.9 Å². The largest absolute Gasteiger partial charge is 0.357 e. The van der Waals surface area contributed by atoms with Crippen molar-refractivity contribution in [1.82, 2.24) is 4.90 Å². The Morgan fingerprint density at radius 1 is 1.43 bits per heavy atom. The van der Waals surface area contributed by atoms with Crippen molar-refractivity contribution in [3.63, 3.8) is 0 Å². The van der Waals surface area contributed by atoms with E-state index in [0.29, 0.717) is 16.5 Å². The van der Waals surface area contributed by atoms with Crippen LogP contribution in [0.1, 0.15) is 19.8 Å². The molecule has 0 aromatic heterocycles. The van der Waals surface area contributed by atoms with Crippen LogP contribution in [0.4, 0.5) is 5.69 Å². The molecule has 1 fully saturated rings. The summed E-state index contributed by atoms with van der Waals surface area (Å²) in [7, 11) is 0. The number of benzene rings is 1. The summed E-state index contributed by atoms with van der Waals surface area (Å²) in [4.78, 5) is 14.1. The lowest BCUT2D eigenvalue weighted by Crippen LogP contribution is -2.36. The van der Waals surface area contributed by atoms with Gasteiger partial charge in [0.2, 0.25) is 5.91 Å². The monoisotopic (exact) mass is 342 g/mol. The van der Waals surface area contributed by atoms with Crippen LogP contribution in [0.5, 0.6) is 0 Å². The van der Waals surface area contributed by atoms with Crippen LogP contribution >= 0.6 is 35.6 Å². The number of halogens is 1. The maximum absolute atomic E-state index is 11.9. The zero-order chi connectivity index (χ0) is 15.2. The van der Waals surface area contributed by atoms with Gasteiger partial charge in [0.25, 0.3) is 0 Å². The summed E-state index contributed by atoms with van der Waals surface area (Å²) in [5.41, 5.74) is 0.641. The number of thiocarbonyl (C=S) groups is 1. The molecule has 1 N–H and O–H groups in total. The normalized spacial score (nSPS) is 15.8. The maximum Gasteiger partial charge on any atom is 0.234 e. The molecule has 0 saturated carbocycles. The molecule has 0 radical (unpaired) electrons. The van der Waals surface area contributed by atoms with Crippen LogP contribution in [0.3, 0.4) is 0 Å². The number of rotatable bonds is 3. The van der Waals surface area contributed by atoms with Gasteiger partial charge >= 0.3 is 0 Å². The summed E-state index contributed by atoms with van der Waals surface area (Å²) in [6.45, 7) is 4.27. The molecule has 0 atom stereocenters. The molecule has 1 saturated heterocycles. The second-order valence-corrected chi connectivity index (χ2v) is 7.27. The third kappa shape index (κ3) is 5.16. The minimum Gasteiger partial charge on any atom is -0.357 e. The zero-order valence-corrected chi connectivity index (χ0v) is 14.4. The Morgan fingerprint density at radius 3 is 2.76 bits per heavy atom. The highest BCUT2D eigenvalue weighted by Gasteiger charge is 2.18. The fourth-order valence-electron chi connectivity index (χ4n) is 2.16. The molecule has 3 nitrogen and oxygen atoms in total. The fraction of sp³-hybridized carbons (Fsp3) is 0.467. The Bertz CT molecular complexity index is 516. The van der Waals surface area contributed by atoms with Crippen LogP contribution < -0.4 is 5.32 Å². The Hall–Kier alpha value is -0.780. The number of amides is 1. The second kappa shape index (κ2) is 8.01. The molecule has 0 spiro atoms. The average molecular weight is 343 g/mol. The minimum atomic E-state index is -0.0826. The Balaban J connectivity index is 1.76. The van der Waals surface area contributed by atoms with Crippen molar-refractivity contribution in [2.45, 2.75) is 19.8 Å². The van der Waals surface area contributed by atoms with Crippen LogP contribution in [-0.4, -0.2) is 34.0 Å². The van der Waals surface area contributed by atoms with Gasteiger partial charge in [0, 0.05) is 13.1 Å². The Labute approximate surface area is 140 Å². The van der Waals surface area contributed by atoms with Crippen LogP contribution in [-0.2, 0) is 4.79 Å². The fourth-order valence-corrected chi connectivity index (χ4v) is 3.39. The molecule has 1 amide bonds. The highest BCUT2D eigenvalue weighted by molar-refractivity contribution is 8.23. The lowest BCUT2D eigenvalue weighted by Gasteiger charge is -2.31. The van der Waals surface area contributed by atoms with Gasteiger partial charge in [0.15, 0.2) is 0 Å². The van der Waals surface area contributed by atoms with E-state index in [1.165, 1.54) is 24.6 Å². The number of anilines is 1. The topological polar surface area (TPSA) is 32.3 Å². The van der Waals surface area contributed by atoms with Gasteiger partial charge in [0.05, 0.1) is 16.5 Å². The van der Waals surface area contributed by atoms with Crippen molar-refractivity contribution >= 4 is 51.5 Å². The average Bonchev–Trinajstić information content (AvgIpc) is 2.48. The first-order chi connectivity index (χ1) is 10.1. The molecule has 0 bridgehead atoms. The zero-order valence-electron chi connectivity index (χ0n) is 12.0. The number of likely N-dealkylation sites (tertiary alicyclic amines) is 1. The van der Waals surface area contributed by atoms with Crippen molar-refractivity contribution in [2.75, 3.05) is 24.2 Å². The summed E-state index contributed by atoms with van der Waals surface area (Å²) in [6.07, 6.45) is 2.35. The first-order valence-corrected chi connectivity index (χ1v) is 8.79. The molecule has 1 aromatic carbocycles. The van der Waals surface area contributed by atoms with Crippen molar-refractivity contribution < 1.29 is 4.79 Å². The molecule has 0 aliphatic carbocycles. The molecule has 21 heavy (non-hydrogen) atoms. The summed E-state index contributed by atoms with van der Waals surface area (Å²) in [6, 6.07) is 7.21. The summed E-state index contributed by atoms with van der Waals surface area (Å²) in [5, 5.41) is 3.35. The number of thioether (sulfide) groups is 1. The van der Waals surface area contributed by atoms with Crippen molar-refractivity contribution in [1.29, 1.82) is 0 Å². The van der Waals surface area contributed by atoms with E-state index < -0.39 is 0 Å². The SMILES string of the molecule is CC1CCN(C(=S)SCC(=O)Nc2ccccc2Cl)CC1. The molecular weight excluding hydrogens is 324 g/mol. The smallest absolute Gasteiger partial charge is 0.234 e. The Morgan fingerprint density at radius 2 is 2.10 bits per heavy atom. The molecule has 1 aromatic rings. The van der Waals surface area contributed by atoms with Crippen LogP contribution in [0.25, 0.3) is 0 Å². The van der Waals surface area contributed by atoms with Gasteiger partial charge in [-0.2, -0.15) is 0 Å². The third-order valence-corrected chi connectivity index (χ3v) is 5.37. The molecule has 6 heteroatoms. The van der Waals surface area contributed by atoms with E-state index in [-0.39, 0.29) is 5.91 Å². The first kappa shape index (κ1) is 16.6. The molecule has 1 heterocycles. The molecule has 114 valence electrons. The van der Waals surface area contributed by atoms with Gasteiger partial charge in [-0.1, -0.05) is 54.6 Å². The van der Waals surface area contributed by atoms with Crippen LogP contribution in [0.2, 0.25) is 5.02 Å². The highest BCUT2D eigenvalue weighted by atomic mass is 35.5. The third-order valence-electron chi connectivity index (χ3n) is 3.52. The molecule has 0 unspecified atom stereocenters. The van der Waals surface area contributed by atoms with Crippen LogP contribution in [0.15, 0.2) is 24.3 Å². The van der Waals surface area contributed by atoms with Gasteiger partial charge in [-0.3, -0.25) is 4.79 Å². The van der Waals surface area contributed by atoms with Crippen LogP contribution in [0, 0.1) is 5.92 Å². The number of piperidine rings is 1. The highest BCUT2D eigenvalue weighted by Crippen LogP contribution is 2.22. The number of carbonyl (C=O) groups is 1. The number of hydrogen-bond acceptors (Lipinski definition) is 3. The predicted octanol–water partition coefficient (Wildman–Crippen LogP) is 4.03. The van der Waals surface area contributed by atoms with Crippen molar-refractivity contribution in [3.05, 3.63) is 29.3 Å². The molecule has 1 aliphatic rings. The van der Waals surface area contributed by atoms with Gasteiger partial charge in [0.1, 0.15) is 4.32 Å².